The Morgan fingerprint density at radius 3 is 2.83 bits per heavy atom. The second kappa shape index (κ2) is 7.26. The van der Waals surface area contributed by atoms with Crippen molar-refractivity contribution in [2.45, 2.75) is 26.2 Å². The summed E-state index contributed by atoms with van der Waals surface area (Å²) in [5.74, 6) is -0.814. The molecule has 0 aliphatic heterocycles. The van der Waals surface area contributed by atoms with Crippen molar-refractivity contribution in [2.75, 3.05) is 11.9 Å². The van der Waals surface area contributed by atoms with Crippen molar-refractivity contribution in [3.8, 4) is 0 Å². The molecule has 0 spiro atoms. The van der Waals surface area contributed by atoms with Gasteiger partial charge in [-0.3, -0.25) is 9.78 Å². The van der Waals surface area contributed by atoms with E-state index in [9.17, 15) is 9.59 Å². The highest BCUT2D eigenvalue weighted by atomic mass is 16.4. The number of hydrogen-bond donors (Lipinski definition) is 3. The number of carbonyl (C=O) groups excluding carboxylic acids is 1. The van der Waals surface area contributed by atoms with Crippen LogP contribution in [0.1, 0.15) is 25.0 Å². The highest BCUT2D eigenvalue weighted by molar-refractivity contribution is 5.89. The number of unbranched alkanes of at least 4 members (excludes halogenated alkanes) is 1. The molecule has 0 aromatic carbocycles. The average Bonchev–Trinajstić information content (AvgIpc) is 2.31. The maximum atomic E-state index is 11.5. The smallest absolute Gasteiger partial charge is 0.319 e. The van der Waals surface area contributed by atoms with Gasteiger partial charge in [0.1, 0.15) is 0 Å². The van der Waals surface area contributed by atoms with E-state index in [0.717, 1.165) is 5.69 Å². The molecule has 1 rings (SSSR count). The maximum absolute atomic E-state index is 11.5. The average molecular weight is 251 g/mol. The largest absolute Gasteiger partial charge is 0.481 e. The first-order valence-electron chi connectivity index (χ1n) is 5.78. The van der Waals surface area contributed by atoms with E-state index >= 15 is 0 Å². The molecule has 6 nitrogen and oxygen atoms in total. The number of carboxylic acids is 1. The molecule has 0 aliphatic carbocycles. The van der Waals surface area contributed by atoms with Gasteiger partial charge in [0.25, 0.3) is 0 Å². The third kappa shape index (κ3) is 5.29. The van der Waals surface area contributed by atoms with Gasteiger partial charge < -0.3 is 15.7 Å². The van der Waals surface area contributed by atoms with Gasteiger partial charge in [0.2, 0.25) is 0 Å². The van der Waals surface area contributed by atoms with Crippen molar-refractivity contribution in [1.29, 1.82) is 0 Å². The number of anilines is 1. The Morgan fingerprint density at radius 2 is 2.17 bits per heavy atom. The van der Waals surface area contributed by atoms with Gasteiger partial charge in [-0.15, -0.1) is 0 Å². The molecule has 1 heterocycles. The number of amides is 2. The normalized spacial score (nSPS) is 9.83. The van der Waals surface area contributed by atoms with Crippen LogP contribution in [0.25, 0.3) is 0 Å². The van der Waals surface area contributed by atoms with Crippen LogP contribution in [-0.2, 0) is 4.79 Å². The summed E-state index contributed by atoms with van der Waals surface area (Å²) >= 11 is 0. The Kier molecular flexibility index (Phi) is 5.63. The number of aliphatic carboxylic acids is 1. The molecule has 0 aliphatic rings. The Labute approximate surface area is 105 Å². The van der Waals surface area contributed by atoms with Gasteiger partial charge in [-0.25, -0.2) is 4.79 Å². The van der Waals surface area contributed by atoms with Crippen molar-refractivity contribution in [3.05, 3.63) is 24.0 Å². The summed E-state index contributed by atoms with van der Waals surface area (Å²) in [6.07, 6.45) is 2.99. The molecule has 0 saturated heterocycles. The minimum Gasteiger partial charge on any atom is -0.481 e. The first kappa shape index (κ1) is 14.0. The van der Waals surface area contributed by atoms with Gasteiger partial charge in [-0.1, -0.05) is 0 Å². The zero-order valence-electron chi connectivity index (χ0n) is 10.3. The van der Waals surface area contributed by atoms with Crippen LogP contribution < -0.4 is 10.6 Å². The van der Waals surface area contributed by atoms with Crippen molar-refractivity contribution < 1.29 is 14.7 Å². The van der Waals surface area contributed by atoms with E-state index < -0.39 is 5.97 Å². The van der Waals surface area contributed by atoms with Crippen molar-refractivity contribution in [2.24, 2.45) is 0 Å². The molecule has 18 heavy (non-hydrogen) atoms. The van der Waals surface area contributed by atoms with Crippen LogP contribution >= 0.6 is 0 Å². The van der Waals surface area contributed by atoms with Crippen molar-refractivity contribution in [3.63, 3.8) is 0 Å². The molecule has 3 N–H and O–H groups in total. The molecule has 0 atom stereocenters. The van der Waals surface area contributed by atoms with E-state index in [1.165, 1.54) is 0 Å². The third-order valence-corrected chi connectivity index (χ3v) is 2.36. The highest BCUT2D eigenvalue weighted by Crippen LogP contribution is 2.09. The van der Waals surface area contributed by atoms with E-state index in [1.807, 2.05) is 6.92 Å². The Morgan fingerprint density at radius 1 is 1.39 bits per heavy atom. The molecule has 1 aromatic rings. The number of nitrogens with one attached hydrogen (secondary N) is 2. The summed E-state index contributed by atoms with van der Waals surface area (Å²) in [6.45, 7) is 2.26. The van der Waals surface area contributed by atoms with E-state index in [2.05, 4.69) is 15.6 Å². The summed E-state index contributed by atoms with van der Waals surface area (Å²) in [4.78, 5) is 25.8. The van der Waals surface area contributed by atoms with Crippen LogP contribution in [0.4, 0.5) is 10.5 Å². The molecule has 98 valence electrons. The maximum Gasteiger partial charge on any atom is 0.319 e. The quantitative estimate of drug-likeness (QED) is 0.672. The number of aryl methyl sites for hydroxylation is 1. The summed E-state index contributed by atoms with van der Waals surface area (Å²) in [5.41, 5.74) is 1.42. The molecule has 0 unspecified atom stereocenters. The number of rotatable bonds is 6. The van der Waals surface area contributed by atoms with Crippen LogP contribution in [-0.4, -0.2) is 28.6 Å². The van der Waals surface area contributed by atoms with Gasteiger partial charge in [0.05, 0.1) is 11.4 Å². The molecule has 0 bridgehead atoms. The third-order valence-electron chi connectivity index (χ3n) is 2.36. The Bertz CT molecular complexity index is 421. The first-order chi connectivity index (χ1) is 8.59. The molecule has 0 radical (unpaired) electrons. The topological polar surface area (TPSA) is 91.3 Å². The fraction of sp³-hybridized carbons (Fsp3) is 0.417. The fourth-order valence-electron chi connectivity index (χ4n) is 1.39. The highest BCUT2D eigenvalue weighted by Gasteiger charge is 2.03. The zero-order valence-corrected chi connectivity index (χ0v) is 10.3. The van der Waals surface area contributed by atoms with Gasteiger partial charge >= 0.3 is 12.0 Å². The van der Waals surface area contributed by atoms with E-state index in [-0.39, 0.29) is 12.5 Å². The van der Waals surface area contributed by atoms with Gasteiger partial charge in [-0.2, -0.15) is 0 Å². The summed E-state index contributed by atoms with van der Waals surface area (Å²) in [6, 6.07) is 3.21. The monoisotopic (exact) mass is 251 g/mol. The van der Waals surface area contributed by atoms with E-state index in [4.69, 9.17) is 5.11 Å². The second-order valence-corrected chi connectivity index (χ2v) is 3.87. The Balaban J connectivity index is 2.22. The SMILES string of the molecule is Cc1ncccc1NC(=O)NCCCCC(=O)O. The summed E-state index contributed by atoms with van der Waals surface area (Å²) in [5, 5.41) is 13.8. The first-order valence-corrected chi connectivity index (χ1v) is 5.78. The van der Waals surface area contributed by atoms with Crippen LogP contribution in [0.3, 0.4) is 0 Å². The number of nitrogens with zero attached hydrogens (tertiary/aromatic N) is 1. The lowest BCUT2D eigenvalue weighted by Crippen LogP contribution is -2.29. The van der Waals surface area contributed by atoms with Crippen LogP contribution in [0.2, 0.25) is 0 Å². The van der Waals surface area contributed by atoms with Crippen LogP contribution in [0.5, 0.6) is 0 Å². The number of carboxylic acid groups (broad SMARTS) is 1. The van der Waals surface area contributed by atoms with Gasteiger partial charge in [-0.05, 0) is 31.9 Å². The van der Waals surface area contributed by atoms with Crippen LogP contribution in [0.15, 0.2) is 18.3 Å². The van der Waals surface area contributed by atoms with Gasteiger partial charge in [0, 0.05) is 19.2 Å². The number of pyridine rings is 1. The lowest BCUT2D eigenvalue weighted by atomic mass is 10.2. The zero-order chi connectivity index (χ0) is 13.4. The molecule has 2 amide bonds. The Hall–Kier alpha value is -2.11. The molecule has 6 heteroatoms. The van der Waals surface area contributed by atoms with E-state index in [1.54, 1.807) is 18.3 Å². The minimum atomic E-state index is -0.814. The molecule has 0 saturated carbocycles. The second-order valence-electron chi connectivity index (χ2n) is 3.87. The number of urea groups is 1. The predicted octanol–water partition coefficient (Wildman–Crippen LogP) is 1.77. The number of aromatic nitrogens is 1. The fourth-order valence-corrected chi connectivity index (χ4v) is 1.39. The molecule has 1 aromatic heterocycles. The molecular weight excluding hydrogens is 234 g/mol. The van der Waals surface area contributed by atoms with Crippen molar-refractivity contribution >= 4 is 17.7 Å². The predicted molar refractivity (Wildman–Crippen MR) is 67.5 cm³/mol. The molecular formula is C12H17N3O3. The lowest BCUT2D eigenvalue weighted by molar-refractivity contribution is -0.137. The standard InChI is InChI=1S/C12H17N3O3/c1-9-10(5-4-8-13-9)15-12(18)14-7-3-2-6-11(16)17/h4-5,8H,2-3,6-7H2,1H3,(H,16,17)(H2,14,15,18). The number of hydrogen-bond acceptors (Lipinski definition) is 3. The summed E-state index contributed by atoms with van der Waals surface area (Å²) < 4.78 is 0. The minimum absolute atomic E-state index is 0.130. The molecule has 0 fully saturated rings. The summed E-state index contributed by atoms with van der Waals surface area (Å²) in [7, 11) is 0. The van der Waals surface area contributed by atoms with Gasteiger partial charge in [0.15, 0.2) is 0 Å². The van der Waals surface area contributed by atoms with Crippen molar-refractivity contribution in [1.82, 2.24) is 10.3 Å². The number of carbonyl (C=O) groups is 2. The lowest BCUT2D eigenvalue weighted by Gasteiger charge is -2.08. The van der Waals surface area contributed by atoms with E-state index in [0.29, 0.717) is 25.1 Å². The van der Waals surface area contributed by atoms with Crippen LogP contribution in [0, 0.1) is 6.92 Å².